The second-order valence-electron chi connectivity index (χ2n) is 11.8. The van der Waals surface area contributed by atoms with E-state index >= 15 is 0 Å². The van der Waals surface area contributed by atoms with Gasteiger partial charge in [-0.1, -0.05) is 51.1 Å². The summed E-state index contributed by atoms with van der Waals surface area (Å²) in [5.74, 6) is 0.376. The van der Waals surface area contributed by atoms with E-state index < -0.39 is 46.8 Å². The maximum atomic E-state index is 13.1. The molecule has 0 saturated carbocycles. The van der Waals surface area contributed by atoms with Gasteiger partial charge in [-0.05, 0) is 49.4 Å². The second-order valence-corrected chi connectivity index (χ2v) is 13.5. The number of carbonyl (C=O) groups is 2. The fraction of sp³-hybridized carbons (Fsp3) is 0.484. The number of aliphatic hydroxyl groups is 1. The lowest BCUT2D eigenvalue weighted by Gasteiger charge is -2.26. The minimum atomic E-state index is -4.09. The zero-order chi connectivity index (χ0) is 32.0. The molecule has 2 aromatic rings. The zero-order valence-electron chi connectivity index (χ0n) is 25.4. The highest BCUT2D eigenvalue weighted by Gasteiger charge is 2.44. The van der Waals surface area contributed by atoms with Gasteiger partial charge in [0.2, 0.25) is 10.0 Å². The van der Waals surface area contributed by atoms with Crippen LogP contribution in [0.15, 0.2) is 59.1 Å². The van der Waals surface area contributed by atoms with Crippen molar-refractivity contribution in [2.24, 2.45) is 17.6 Å². The number of nitrogens with two attached hydrogens (primary N) is 1. The van der Waals surface area contributed by atoms with Crippen LogP contribution in [-0.4, -0.2) is 69.8 Å². The maximum absolute atomic E-state index is 13.1. The van der Waals surface area contributed by atoms with Gasteiger partial charge in [0.1, 0.15) is 6.10 Å². The molecule has 0 spiro atoms. The first-order valence-electron chi connectivity index (χ1n) is 14.7. The molecule has 12 nitrogen and oxygen atoms in total. The smallest absolute Gasteiger partial charge is 0.407 e. The molecular formula is C31H42N4O8S. The monoisotopic (exact) mass is 630 g/mol. The number of allylic oxidation sites excluding steroid dienone is 1. The first-order chi connectivity index (χ1) is 20.9. The van der Waals surface area contributed by atoms with Crippen molar-refractivity contribution in [3.05, 3.63) is 65.4 Å². The number of nitrogens with one attached hydrogen (secondary N) is 3. The van der Waals surface area contributed by atoms with E-state index in [2.05, 4.69) is 36.1 Å². The van der Waals surface area contributed by atoms with Crippen molar-refractivity contribution in [3.8, 4) is 0 Å². The molecular weight excluding hydrogens is 588 g/mol. The molecule has 2 amide bonds. The Bertz CT molecular complexity index is 1460. The number of benzene rings is 2. The molecule has 0 aromatic heterocycles. The zero-order valence-corrected chi connectivity index (χ0v) is 26.2. The standard InChI is InChI=1S/C27H32N4O8S.C4H10/c1-15(28)24-19-12-17(7-8-20(19)30-25(24)33)40(35,36)29-13-22(32)21(11-16-5-3-2-4-6-16)31-27(34)39-23-14-38-26-18(23)9-10-37-26;1-4(2)3/h2-8,12,18,21-23,26,29,32H,9-11,13-14,28H2,1H3,(H,30,33)(H,31,34);4H,1-3H3. The van der Waals surface area contributed by atoms with Gasteiger partial charge >= 0.3 is 6.09 Å². The lowest BCUT2D eigenvalue weighted by atomic mass is 10.0. The molecule has 5 rings (SSSR count). The summed E-state index contributed by atoms with van der Waals surface area (Å²) >= 11 is 0. The fourth-order valence-electron chi connectivity index (χ4n) is 5.15. The molecule has 3 aliphatic heterocycles. The van der Waals surface area contributed by atoms with Crippen LogP contribution >= 0.6 is 0 Å². The Morgan fingerprint density at radius 3 is 2.55 bits per heavy atom. The summed E-state index contributed by atoms with van der Waals surface area (Å²) in [4.78, 5) is 24.9. The Kier molecular flexibility index (Phi) is 11.0. The van der Waals surface area contributed by atoms with Crippen LogP contribution in [0.25, 0.3) is 5.57 Å². The maximum Gasteiger partial charge on any atom is 0.407 e. The second kappa shape index (κ2) is 14.5. The number of ether oxygens (including phenoxy) is 3. The average molecular weight is 631 g/mol. The Labute approximate surface area is 258 Å². The molecule has 0 bridgehead atoms. The van der Waals surface area contributed by atoms with E-state index in [9.17, 15) is 23.1 Å². The van der Waals surface area contributed by atoms with E-state index in [0.717, 1.165) is 17.9 Å². The predicted octanol–water partition coefficient (Wildman–Crippen LogP) is 2.73. The predicted molar refractivity (Wildman–Crippen MR) is 165 cm³/mol. The number of hydrogen-bond donors (Lipinski definition) is 5. The molecule has 2 fully saturated rings. The highest BCUT2D eigenvalue weighted by molar-refractivity contribution is 7.89. The van der Waals surface area contributed by atoms with E-state index in [0.29, 0.717) is 17.9 Å². The van der Waals surface area contributed by atoms with E-state index in [-0.39, 0.29) is 41.4 Å². The van der Waals surface area contributed by atoms with Crippen molar-refractivity contribution in [1.29, 1.82) is 0 Å². The average Bonchev–Trinajstić information content (AvgIpc) is 3.66. The number of amides is 2. The molecule has 13 heteroatoms. The Hall–Kier alpha value is -3.49. The number of fused-ring (bicyclic) bond motifs is 2. The van der Waals surface area contributed by atoms with Crippen LogP contribution in [0.5, 0.6) is 0 Å². The van der Waals surface area contributed by atoms with Gasteiger partial charge in [-0.25, -0.2) is 17.9 Å². The van der Waals surface area contributed by atoms with E-state index in [1.54, 1.807) is 6.92 Å². The number of anilines is 1. The number of aliphatic hydroxyl groups excluding tert-OH is 1. The quantitative estimate of drug-likeness (QED) is 0.261. The molecule has 44 heavy (non-hydrogen) atoms. The van der Waals surface area contributed by atoms with Crippen LogP contribution in [0.2, 0.25) is 0 Å². The van der Waals surface area contributed by atoms with Gasteiger partial charge in [-0.2, -0.15) is 0 Å². The van der Waals surface area contributed by atoms with E-state index in [1.165, 1.54) is 18.2 Å². The summed E-state index contributed by atoms with van der Waals surface area (Å²) in [5, 5.41) is 16.4. The summed E-state index contributed by atoms with van der Waals surface area (Å²) in [6, 6.07) is 12.5. The Balaban J connectivity index is 0.00000104. The lowest BCUT2D eigenvalue weighted by Crippen LogP contribution is -2.50. The summed E-state index contributed by atoms with van der Waals surface area (Å²) < 4.78 is 45.2. The fourth-order valence-corrected chi connectivity index (χ4v) is 6.22. The number of sulfonamides is 1. The van der Waals surface area contributed by atoms with Gasteiger partial charge < -0.3 is 35.7 Å². The molecule has 2 saturated heterocycles. The summed E-state index contributed by atoms with van der Waals surface area (Å²) in [5.41, 5.74) is 7.97. The summed E-state index contributed by atoms with van der Waals surface area (Å²) in [6.07, 6.45) is -1.95. The van der Waals surface area contributed by atoms with Gasteiger partial charge in [0.15, 0.2) is 6.29 Å². The van der Waals surface area contributed by atoms with Crippen LogP contribution in [0, 0.1) is 11.8 Å². The summed E-state index contributed by atoms with van der Waals surface area (Å²) in [7, 11) is -4.09. The third-order valence-corrected chi connectivity index (χ3v) is 8.65. The first kappa shape index (κ1) is 33.4. The normalized spacial score (nSPS) is 23.1. The molecule has 6 N–H and O–H groups in total. The minimum absolute atomic E-state index is 0.0497. The van der Waals surface area contributed by atoms with Gasteiger partial charge in [0.25, 0.3) is 5.91 Å². The van der Waals surface area contributed by atoms with Crippen molar-refractivity contribution < 1.29 is 37.3 Å². The highest BCUT2D eigenvalue weighted by atomic mass is 32.2. The Morgan fingerprint density at radius 2 is 1.86 bits per heavy atom. The van der Waals surface area contributed by atoms with Crippen LogP contribution < -0.4 is 21.1 Å². The molecule has 0 radical (unpaired) electrons. The third kappa shape index (κ3) is 8.36. The van der Waals surface area contributed by atoms with Crippen molar-refractivity contribution >= 4 is 33.3 Å². The largest absolute Gasteiger partial charge is 0.443 e. The van der Waals surface area contributed by atoms with E-state index in [4.69, 9.17) is 19.9 Å². The molecule has 240 valence electrons. The molecule has 5 atom stereocenters. The van der Waals surface area contributed by atoms with Crippen molar-refractivity contribution in [3.63, 3.8) is 0 Å². The first-order valence-corrected chi connectivity index (χ1v) is 16.2. The van der Waals surface area contributed by atoms with Crippen LogP contribution in [0.3, 0.4) is 0 Å². The number of carbonyl (C=O) groups excluding carboxylic acids is 2. The van der Waals surface area contributed by atoms with Crippen molar-refractivity contribution in [2.75, 3.05) is 25.1 Å². The topological polar surface area (TPSA) is 178 Å². The van der Waals surface area contributed by atoms with Crippen molar-refractivity contribution in [2.45, 2.75) is 70.0 Å². The lowest BCUT2D eigenvalue weighted by molar-refractivity contribution is -0.110. The highest BCUT2D eigenvalue weighted by Crippen LogP contribution is 2.35. The molecule has 5 unspecified atom stereocenters. The molecule has 0 aliphatic carbocycles. The molecule has 2 aromatic carbocycles. The van der Waals surface area contributed by atoms with Gasteiger partial charge in [-0.15, -0.1) is 0 Å². The van der Waals surface area contributed by atoms with Crippen LogP contribution in [-0.2, 0) is 35.4 Å². The number of alkyl carbamates (subject to hydrolysis) is 1. The van der Waals surface area contributed by atoms with Gasteiger partial charge in [0.05, 0.1) is 41.7 Å². The number of hydrogen-bond acceptors (Lipinski definition) is 9. The summed E-state index contributed by atoms with van der Waals surface area (Å²) in [6.45, 7) is 8.42. The molecule has 3 aliphatic rings. The SMILES string of the molecule is CC(C)C.CC(N)=C1C(=O)Nc2ccc(S(=O)(=O)NCC(O)C(Cc3ccccc3)NC(=O)OC3COC4OCCC34)cc21. The third-order valence-electron chi connectivity index (χ3n) is 7.23. The minimum Gasteiger partial charge on any atom is -0.443 e. The Morgan fingerprint density at radius 1 is 1.16 bits per heavy atom. The van der Waals surface area contributed by atoms with Crippen LogP contribution in [0.4, 0.5) is 10.5 Å². The van der Waals surface area contributed by atoms with E-state index in [1.807, 2.05) is 30.3 Å². The van der Waals surface area contributed by atoms with Crippen LogP contribution in [0.1, 0.15) is 45.2 Å². The van der Waals surface area contributed by atoms with Gasteiger partial charge in [-0.3, -0.25) is 4.79 Å². The van der Waals surface area contributed by atoms with Gasteiger partial charge in [0, 0.05) is 23.5 Å². The van der Waals surface area contributed by atoms with Crippen molar-refractivity contribution in [1.82, 2.24) is 10.0 Å². The molecule has 3 heterocycles. The number of rotatable bonds is 9.